The quantitative estimate of drug-likeness (QED) is 0.433. The fraction of sp³-hybridized carbons (Fsp3) is 0.480. The van der Waals surface area contributed by atoms with E-state index in [1.54, 1.807) is 12.1 Å². The summed E-state index contributed by atoms with van der Waals surface area (Å²) >= 11 is 1.10. The highest BCUT2D eigenvalue weighted by Crippen LogP contribution is 2.24. The van der Waals surface area contributed by atoms with Gasteiger partial charge in [-0.15, -0.1) is 0 Å². The molecule has 0 saturated heterocycles. The van der Waals surface area contributed by atoms with Crippen molar-refractivity contribution in [3.63, 3.8) is 0 Å². The summed E-state index contributed by atoms with van der Waals surface area (Å²) in [7, 11) is 5.28. The molecule has 1 amide bonds. The zero-order valence-electron chi connectivity index (χ0n) is 21.1. The Labute approximate surface area is 210 Å². The molecule has 3 rings (SSSR count). The van der Waals surface area contributed by atoms with E-state index in [9.17, 15) is 9.70 Å². The van der Waals surface area contributed by atoms with Crippen molar-refractivity contribution in [1.82, 2.24) is 15.3 Å². The molecule has 35 heavy (non-hydrogen) atoms. The molecule has 188 valence electrons. The second-order valence-corrected chi connectivity index (χ2v) is 9.88. The number of hydrogen-bond acceptors (Lipinski definition) is 8. The first kappa shape index (κ1) is 26.3. The number of carbonyl (C=O) groups is 1. The van der Waals surface area contributed by atoms with E-state index in [0.717, 1.165) is 53.4 Å². The Balaban J connectivity index is 1.56. The van der Waals surface area contributed by atoms with Gasteiger partial charge in [0.1, 0.15) is 5.82 Å². The average molecular weight is 500 g/mol. The summed E-state index contributed by atoms with van der Waals surface area (Å²) in [5.74, 6) is 1.65. The predicted molar refractivity (Wildman–Crippen MR) is 141 cm³/mol. The largest absolute Gasteiger partial charge is 0.372 e. The normalized spacial score (nSPS) is 14.0. The van der Waals surface area contributed by atoms with Crippen molar-refractivity contribution in [1.29, 1.82) is 0 Å². The number of thiophene rings is 1. The molecule has 2 N–H and O–H groups in total. The molecular weight excluding hydrogens is 464 g/mol. The number of hydrogen-bond donors (Lipinski definition) is 2. The number of amides is 1. The van der Waals surface area contributed by atoms with Crippen molar-refractivity contribution < 1.29 is 14.6 Å². The summed E-state index contributed by atoms with van der Waals surface area (Å²) < 4.78 is 0. The van der Waals surface area contributed by atoms with E-state index in [0.29, 0.717) is 33.2 Å². The highest BCUT2D eigenvalue weighted by atomic mass is 32.1. The number of nitrogens with one attached hydrogen (secondary N) is 2. The summed E-state index contributed by atoms with van der Waals surface area (Å²) in [5, 5.41) is 8.82. The molecule has 1 aliphatic rings. The maximum Gasteiger partial charge on any atom is 0.372 e. The Hall–Kier alpha value is -3.27. The van der Waals surface area contributed by atoms with Crippen LogP contribution in [0.3, 0.4) is 0 Å². The molecule has 9 nitrogen and oxygen atoms in total. The van der Waals surface area contributed by atoms with Crippen molar-refractivity contribution in [2.75, 3.05) is 38.0 Å². The van der Waals surface area contributed by atoms with Crippen LogP contribution < -0.4 is 26.1 Å². The summed E-state index contributed by atoms with van der Waals surface area (Å²) in [5.41, 5.74) is 0. The number of rotatable bonds is 12. The zero-order chi connectivity index (χ0) is 25.4. The molecule has 0 aliphatic heterocycles. The standard InChI is InChI=1S/C25H34N6O3S/c1-6-18(27-25-28-20-11-9-7-8-10-19(20)23(29-25)30(3)4)13-12-17(2)16-26-24(32)21-14-15-22(35-21)31(33)34-5/h7-8,10-11,14-15,17-18H,6,9,12-13,16H2,1-5H3,(H-,26,27,28,32)/p+1. The molecule has 0 aromatic carbocycles. The van der Waals surface area contributed by atoms with Gasteiger partial charge in [-0.3, -0.25) is 4.79 Å². The highest BCUT2D eigenvalue weighted by molar-refractivity contribution is 7.17. The number of aromatic nitrogens is 2. The molecule has 0 radical (unpaired) electrons. The van der Waals surface area contributed by atoms with Gasteiger partial charge in [-0.05, 0) is 43.7 Å². The van der Waals surface area contributed by atoms with Gasteiger partial charge < -0.3 is 15.5 Å². The lowest BCUT2D eigenvalue weighted by atomic mass is 10.00. The number of allylic oxidation sites excluding steroid dienone is 2. The van der Waals surface area contributed by atoms with E-state index < -0.39 is 0 Å². The Morgan fingerprint density at radius 2 is 2.09 bits per heavy atom. The van der Waals surface area contributed by atoms with Crippen LogP contribution in [0, 0.1) is 10.8 Å². The third kappa shape index (κ3) is 7.11. The number of nitrogens with zero attached hydrogens (tertiary/aromatic N) is 4. The van der Waals surface area contributed by atoms with E-state index in [2.05, 4.69) is 53.6 Å². The Kier molecular flexibility index (Phi) is 9.36. The van der Waals surface area contributed by atoms with Crippen molar-refractivity contribution in [3.05, 3.63) is 44.6 Å². The molecule has 0 spiro atoms. The van der Waals surface area contributed by atoms with Crippen molar-refractivity contribution in [2.24, 2.45) is 5.92 Å². The van der Waals surface area contributed by atoms with Crippen molar-refractivity contribution in [3.8, 4) is 0 Å². The van der Waals surface area contributed by atoms with Crippen molar-refractivity contribution >= 4 is 46.2 Å². The molecular formula is C25H35N6O3S+. The molecule has 2 aromatic rings. The lowest BCUT2D eigenvalue weighted by Gasteiger charge is -2.21. The van der Waals surface area contributed by atoms with Crippen LogP contribution in [0.25, 0.3) is 12.2 Å². The van der Waals surface area contributed by atoms with Crippen LogP contribution in [0.4, 0.5) is 16.8 Å². The minimum absolute atomic E-state index is 0.181. The first-order valence-corrected chi connectivity index (χ1v) is 12.7. The molecule has 2 aromatic heterocycles. The zero-order valence-corrected chi connectivity index (χ0v) is 21.9. The van der Waals surface area contributed by atoms with Gasteiger partial charge in [0.2, 0.25) is 5.95 Å². The van der Waals surface area contributed by atoms with Gasteiger partial charge in [-0.25, -0.2) is 9.82 Å². The van der Waals surface area contributed by atoms with Crippen LogP contribution in [-0.4, -0.2) is 54.6 Å². The second kappa shape index (κ2) is 12.4. The maximum absolute atomic E-state index is 12.4. The molecule has 2 atom stereocenters. The number of fused-ring (bicyclic) bond motifs is 1. The van der Waals surface area contributed by atoms with Crippen LogP contribution in [0.2, 0.25) is 0 Å². The monoisotopic (exact) mass is 499 g/mol. The predicted octanol–water partition coefficient (Wildman–Crippen LogP) is 3.13. The van der Waals surface area contributed by atoms with Crippen molar-refractivity contribution in [2.45, 2.75) is 45.6 Å². The molecule has 0 saturated carbocycles. The van der Waals surface area contributed by atoms with Crippen LogP contribution in [-0.2, 0) is 4.84 Å². The van der Waals surface area contributed by atoms with Gasteiger partial charge in [0, 0.05) is 38.0 Å². The SMILES string of the molecule is CCC(CCC(C)CNC(=O)c1ccc([N+](=O)OC)s1)Nc1nc(N(C)C)c2c(n1)=CCC=CC=2. The number of carbonyl (C=O) groups excluding carboxylic acids is 1. The van der Waals surface area contributed by atoms with E-state index in [1.165, 1.54) is 7.11 Å². The van der Waals surface area contributed by atoms with Crippen LogP contribution >= 0.6 is 11.3 Å². The summed E-state index contributed by atoms with van der Waals surface area (Å²) in [6, 6.07) is 3.44. The van der Waals surface area contributed by atoms with Gasteiger partial charge in [-0.1, -0.05) is 43.4 Å². The third-order valence-electron chi connectivity index (χ3n) is 5.83. The van der Waals surface area contributed by atoms with Gasteiger partial charge in [0.15, 0.2) is 7.11 Å². The smallest absolute Gasteiger partial charge is 0.362 e. The topological polar surface area (TPSA) is 99.5 Å². The summed E-state index contributed by atoms with van der Waals surface area (Å²) in [6.07, 6.45) is 12.0. The summed E-state index contributed by atoms with van der Waals surface area (Å²) in [6.45, 7) is 4.84. The Bertz CT molecular complexity index is 1190. The van der Waals surface area contributed by atoms with Crippen LogP contribution in [0.15, 0.2) is 24.3 Å². The molecule has 2 unspecified atom stereocenters. The Morgan fingerprint density at radius 3 is 2.80 bits per heavy atom. The van der Waals surface area contributed by atoms with Crippen LogP contribution in [0.1, 0.15) is 49.2 Å². The van der Waals surface area contributed by atoms with E-state index in [1.807, 2.05) is 19.0 Å². The third-order valence-corrected chi connectivity index (χ3v) is 6.87. The lowest BCUT2D eigenvalue weighted by Crippen LogP contribution is -2.36. The van der Waals surface area contributed by atoms with Gasteiger partial charge >= 0.3 is 5.00 Å². The average Bonchev–Trinajstić information content (AvgIpc) is 3.23. The lowest BCUT2D eigenvalue weighted by molar-refractivity contribution is -0.734. The Morgan fingerprint density at radius 1 is 1.29 bits per heavy atom. The molecule has 0 fully saturated rings. The fourth-order valence-electron chi connectivity index (χ4n) is 3.76. The van der Waals surface area contributed by atoms with E-state index in [4.69, 9.17) is 9.97 Å². The fourth-order valence-corrected chi connectivity index (χ4v) is 4.57. The van der Waals surface area contributed by atoms with Gasteiger partial charge in [0.05, 0.1) is 15.1 Å². The molecule has 10 heteroatoms. The number of anilines is 2. The van der Waals surface area contributed by atoms with E-state index in [-0.39, 0.29) is 11.9 Å². The molecule has 1 aliphatic carbocycles. The van der Waals surface area contributed by atoms with Crippen LogP contribution in [0.5, 0.6) is 0 Å². The first-order chi connectivity index (χ1) is 16.8. The van der Waals surface area contributed by atoms with Gasteiger partial charge in [-0.2, -0.15) is 4.98 Å². The second-order valence-electron chi connectivity index (χ2n) is 8.82. The minimum atomic E-state index is -0.181. The maximum atomic E-state index is 12.4. The molecule has 2 heterocycles. The first-order valence-electron chi connectivity index (χ1n) is 11.9. The van der Waals surface area contributed by atoms with Gasteiger partial charge in [0.25, 0.3) is 10.8 Å². The molecule has 0 bridgehead atoms. The highest BCUT2D eigenvalue weighted by Gasteiger charge is 2.21. The summed E-state index contributed by atoms with van der Waals surface area (Å²) in [4.78, 5) is 41.0. The van der Waals surface area contributed by atoms with E-state index >= 15 is 0 Å². The minimum Gasteiger partial charge on any atom is -0.362 e.